The molecule has 1 unspecified atom stereocenters. The number of carbonyl (C=O) groups excluding carboxylic acids is 2. The summed E-state index contributed by atoms with van der Waals surface area (Å²) in [7, 11) is 0. The van der Waals surface area contributed by atoms with Gasteiger partial charge in [-0.3, -0.25) is 9.48 Å². The number of nitrogens with zero attached hydrogens (tertiary/aromatic N) is 3. The third-order valence-electron chi connectivity index (χ3n) is 5.67. The summed E-state index contributed by atoms with van der Waals surface area (Å²) in [6.45, 7) is 0.618. The molecule has 2 heterocycles. The van der Waals surface area contributed by atoms with Crippen molar-refractivity contribution in [2.45, 2.75) is 38.4 Å². The van der Waals surface area contributed by atoms with E-state index in [0.717, 1.165) is 0 Å². The summed E-state index contributed by atoms with van der Waals surface area (Å²) in [4.78, 5) is 26.2. The van der Waals surface area contributed by atoms with Gasteiger partial charge >= 0.3 is 6.03 Å². The maximum Gasteiger partial charge on any atom is 0.318 e. The van der Waals surface area contributed by atoms with Crippen molar-refractivity contribution in [3.8, 4) is 11.3 Å². The van der Waals surface area contributed by atoms with Crippen LogP contribution in [-0.4, -0.2) is 45.6 Å². The number of hydrogen-bond acceptors (Lipinski definition) is 3. The predicted molar refractivity (Wildman–Crippen MR) is 103 cm³/mol. The first-order valence-corrected chi connectivity index (χ1v) is 9.82. The zero-order chi connectivity index (χ0) is 21.6. The van der Waals surface area contributed by atoms with Gasteiger partial charge in [0.15, 0.2) is 0 Å². The van der Waals surface area contributed by atoms with Gasteiger partial charge in [0.05, 0.1) is 29.4 Å². The number of hydrogen-bond donors (Lipinski definition) is 2. The quantitative estimate of drug-likeness (QED) is 0.763. The zero-order valence-electron chi connectivity index (χ0n) is 15.7. The molecule has 0 bridgehead atoms. The molecule has 1 saturated carbocycles. The summed E-state index contributed by atoms with van der Waals surface area (Å²) in [5.74, 6) is -2.18. The second-order valence-corrected chi connectivity index (χ2v) is 7.85. The van der Waals surface area contributed by atoms with Crippen molar-refractivity contribution in [2.75, 3.05) is 6.54 Å². The van der Waals surface area contributed by atoms with Crippen molar-refractivity contribution in [3.63, 3.8) is 0 Å². The second kappa shape index (κ2) is 7.82. The highest BCUT2D eigenvalue weighted by Crippen LogP contribution is 2.34. The maximum atomic E-state index is 13.5. The molecule has 2 atom stereocenters. The van der Waals surface area contributed by atoms with Crippen molar-refractivity contribution in [1.82, 2.24) is 20.0 Å². The van der Waals surface area contributed by atoms with E-state index in [2.05, 4.69) is 10.4 Å². The largest absolute Gasteiger partial charge is 0.365 e. The number of amides is 3. The van der Waals surface area contributed by atoms with Gasteiger partial charge in [0, 0.05) is 24.1 Å². The SMILES string of the molecule is NC(=O)c1c(-c2ccc(F)c(Cl)c2)nn2c1CN(C(=O)N[C@@H]1CCC1C(F)F)CC2. The van der Waals surface area contributed by atoms with Crippen molar-refractivity contribution in [3.05, 3.63) is 40.3 Å². The molecule has 0 radical (unpaired) electrons. The van der Waals surface area contributed by atoms with Gasteiger partial charge in [0.1, 0.15) is 11.5 Å². The first-order chi connectivity index (χ1) is 14.3. The summed E-state index contributed by atoms with van der Waals surface area (Å²) in [6.07, 6.45) is -1.59. The third-order valence-corrected chi connectivity index (χ3v) is 5.96. The molecule has 1 fully saturated rings. The van der Waals surface area contributed by atoms with Gasteiger partial charge in [-0.15, -0.1) is 0 Å². The molecule has 7 nitrogen and oxygen atoms in total. The molecular weight excluding hydrogens is 423 g/mol. The molecule has 1 aromatic carbocycles. The number of urea groups is 1. The maximum absolute atomic E-state index is 13.5. The monoisotopic (exact) mass is 441 g/mol. The molecule has 2 aliphatic rings. The molecule has 1 aromatic heterocycles. The lowest BCUT2D eigenvalue weighted by Gasteiger charge is -2.38. The van der Waals surface area contributed by atoms with Crippen LogP contribution in [-0.2, 0) is 13.1 Å². The summed E-state index contributed by atoms with van der Waals surface area (Å²) < 4.78 is 40.9. The average molecular weight is 442 g/mol. The summed E-state index contributed by atoms with van der Waals surface area (Å²) in [6, 6.07) is 2.92. The van der Waals surface area contributed by atoms with Crippen LogP contribution < -0.4 is 11.1 Å². The summed E-state index contributed by atoms with van der Waals surface area (Å²) in [5.41, 5.74) is 6.78. The zero-order valence-corrected chi connectivity index (χ0v) is 16.5. The molecular formula is C19H19ClF3N5O2. The lowest BCUT2D eigenvalue weighted by atomic mass is 9.80. The summed E-state index contributed by atoms with van der Waals surface area (Å²) >= 11 is 5.85. The molecule has 2 aromatic rings. The molecule has 1 aliphatic heterocycles. The van der Waals surface area contributed by atoms with Gasteiger partial charge in [-0.25, -0.2) is 18.0 Å². The number of alkyl halides is 2. The molecule has 1 aliphatic carbocycles. The minimum atomic E-state index is -2.47. The van der Waals surface area contributed by atoms with Crippen LogP contribution >= 0.6 is 11.6 Å². The normalized spacial score (nSPS) is 20.6. The van der Waals surface area contributed by atoms with Gasteiger partial charge in [-0.2, -0.15) is 5.10 Å². The molecule has 0 spiro atoms. The number of carbonyl (C=O) groups is 2. The lowest BCUT2D eigenvalue weighted by Crippen LogP contribution is -2.54. The molecule has 11 heteroatoms. The van der Waals surface area contributed by atoms with Crippen LogP contribution in [0.5, 0.6) is 0 Å². The molecule has 160 valence electrons. The van der Waals surface area contributed by atoms with Crippen LogP contribution in [0.2, 0.25) is 5.02 Å². The number of nitrogens with one attached hydrogen (secondary N) is 1. The van der Waals surface area contributed by atoms with Crippen LogP contribution in [0, 0.1) is 11.7 Å². The third kappa shape index (κ3) is 3.60. The van der Waals surface area contributed by atoms with Crippen molar-refractivity contribution in [2.24, 2.45) is 11.7 Å². The number of primary amides is 1. The minimum absolute atomic E-state index is 0.0398. The Hall–Kier alpha value is -2.75. The summed E-state index contributed by atoms with van der Waals surface area (Å²) in [5, 5.41) is 6.94. The van der Waals surface area contributed by atoms with Gasteiger partial charge in [0.25, 0.3) is 5.91 Å². The topological polar surface area (TPSA) is 93.2 Å². The number of halogens is 4. The van der Waals surface area contributed by atoms with E-state index in [4.69, 9.17) is 17.3 Å². The average Bonchev–Trinajstić information content (AvgIpc) is 3.05. The Kier molecular flexibility index (Phi) is 5.35. The van der Waals surface area contributed by atoms with E-state index in [0.29, 0.717) is 30.6 Å². The molecule has 4 rings (SSSR count). The predicted octanol–water partition coefficient (Wildman–Crippen LogP) is 3.01. The fourth-order valence-electron chi connectivity index (χ4n) is 3.85. The molecule has 0 saturated heterocycles. The van der Waals surface area contributed by atoms with Crippen LogP contribution in [0.1, 0.15) is 28.9 Å². The minimum Gasteiger partial charge on any atom is -0.365 e. The van der Waals surface area contributed by atoms with E-state index < -0.39 is 36.1 Å². The van der Waals surface area contributed by atoms with E-state index in [-0.39, 0.29) is 29.4 Å². The van der Waals surface area contributed by atoms with Gasteiger partial charge < -0.3 is 16.0 Å². The Morgan fingerprint density at radius 1 is 1.27 bits per heavy atom. The highest BCUT2D eigenvalue weighted by Gasteiger charge is 2.39. The fraction of sp³-hybridized carbons (Fsp3) is 0.421. The number of benzene rings is 1. The molecule has 3 N–H and O–H groups in total. The number of fused-ring (bicyclic) bond motifs is 1. The van der Waals surface area contributed by atoms with E-state index >= 15 is 0 Å². The molecule has 30 heavy (non-hydrogen) atoms. The van der Waals surface area contributed by atoms with Gasteiger partial charge in [-0.1, -0.05) is 11.6 Å². The standard InChI is InChI=1S/C19H19ClF3N5O2/c20-11-7-9(1-3-12(11)21)16-15(18(24)29)14-8-27(5-6-28(14)26-16)19(30)25-13-4-2-10(13)17(22)23/h1,3,7,10,13,17H,2,4-6,8H2,(H2,24,29)(H,25,30)/t10?,13-/m1/s1. The van der Waals surface area contributed by atoms with Gasteiger partial charge in [0.2, 0.25) is 6.43 Å². The highest BCUT2D eigenvalue weighted by molar-refractivity contribution is 6.31. The molecule has 3 amide bonds. The van der Waals surface area contributed by atoms with Gasteiger partial charge in [-0.05, 0) is 31.0 Å². The Balaban J connectivity index is 1.58. The Morgan fingerprint density at radius 2 is 2.03 bits per heavy atom. The van der Waals surface area contributed by atoms with E-state index in [1.54, 1.807) is 4.68 Å². The Bertz CT molecular complexity index is 1010. The fourth-order valence-corrected chi connectivity index (χ4v) is 4.03. The van der Waals surface area contributed by atoms with Crippen molar-refractivity contribution < 1.29 is 22.8 Å². The smallest absolute Gasteiger partial charge is 0.318 e. The van der Waals surface area contributed by atoms with Crippen LogP contribution in [0.15, 0.2) is 18.2 Å². The van der Waals surface area contributed by atoms with Crippen LogP contribution in [0.25, 0.3) is 11.3 Å². The first kappa shape index (κ1) is 20.5. The number of nitrogens with two attached hydrogens (primary N) is 1. The Morgan fingerprint density at radius 3 is 2.63 bits per heavy atom. The second-order valence-electron chi connectivity index (χ2n) is 7.44. The van der Waals surface area contributed by atoms with E-state index in [1.165, 1.54) is 23.1 Å². The number of aromatic nitrogens is 2. The van der Waals surface area contributed by atoms with E-state index in [1.807, 2.05) is 0 Å². The number of rotatable bonds is 4. The lowest BCUT2D eigenvalue weighted by molar-refractivity contribution is 0.00917. The van der Waals surface area contributed by atoms with Crippen LogP contribution in [0.4, 0.5) is 18.0 Å². The highest BCUT2D eigenvalue weighted by atomic mass is 35.5. The van der Waals surface area contributed by atoms with Crippen LogP contribution in [0.3, 0.4) is 0 Å². The Labute approximate surface area is 175 Å². The van der Waals surface area contributed by atoms with Crippen molar-refractivity contribution >= 4 is 23.5 Å². The first-order valence-electron chi connectivity index (χ1n) is 9.44. The van der Waals surface area contributed by atoms with Crippen molar-refractivity contribution in [1.29, 1.82) is 0 Å². The van der Waals surface area contributed by atoms with E-state index in [9.17, 15) is 22.8 Å².